The number of hydrogen-bond donors (Lipinski definition) is 4. The highest BCUT2D eigenvalue weighted by Crippen LogP contribution is 2.37. The van der Waals surface area contributed by atoms with Crippen LogP contribution in [0.2, 0.25) is 10.0 Å². The smallest absolute Gasteiger partial charge is 0.373 e. The van der Waals surface area contributed by atoms with Gasteiger partial charge in [-0.1, -0.05) is 37.0 Å². The van der Waals surface area contributed by atoms with Crippen molar-refractivity contribution in [3.63, 3.8) is 0 Å². The van der Waals surface area contributed by atoms with Gasteiger partial charge in [0, 0.05) is 50.1 Å². The Hall–Kier alpha value is -4.23. The molecule has 1 aromatic rings. The van der Waals surface area contributed by atoms with Gasteiger partial charge in [-0.05, 0) is 93.9 Å². The van der Waals surface area contributed by atoms with E-state index in [0.29, 0.717) is 59.0 Å². The van der Waals surface area contributed by atoms with E-state index in [1.54, 1.807) is 18.2 Å². The van der Waals surface area contributed by atoms with Gasteiger partial charge in [0.25, 0.3) is 5.91 Å². The predicted octanol–water partition coefficient (Wildman–Crippen LogP) is 3.16. The summed E-state index contributed by atoms with van der Waals surface area (Å²) < 4.78 is 55.5. The lowest BCUT2D eigenvalue weighted by atomic mass is 9.98. The average Bonchev–Trinajstić information content (AvgIpc) is 3.79. The summed E-state index contributed by atoms with van der Waals surface area (Å²) in [6.45, 7) is 3.46. The molecule has 8 atom stereocenters. The van der Waals surface area contributed by atoms with Crippen LogP contribution in [0.25, 0.3) is 0 Å². The highest BCUT2D eigenvalue weighted by molar-refractivity contribution is 6.33. The minimum absolute atomic E-state index is 0.0403. The molecule has 0 spiro atoms. The van der Waals surface area contributed by atoms with E-state index in [1.807, 2.05) is 13.8 Å². The molecule has 4 N–H and O–H groups in total. The zero-order chi connectivity index (χ0) is 46.7. The largest absolute Gasteiger partial charge is 0.426 e. The van der Waals surface area contributed by atoms with Crippen molar-refractivity contribution in [1.29, 1.82) is 0 Å². The molecule has 0 aromatic heterocycles. The zero-order valence-electron chi connectivity index (χ0n) is 36.0. The zero-order valence-corrected chi connectivity index (χ0v) is 37.5. The maximum absolute atomic E-state index is 14.7. The first kappa shape index (κ1) is 49.8. The van der Waals surface area contributed by atoms with Gasteiger partial charge in [0.1, 0.15) is 42.4 Å². The van der Waals surface area contributed by atoms with Crippen molar-refractivity contribution in [3.8, 4) is 0 Å². The van der Waals surface area contributed by atoms with E-state index in [2.05, 4.69) is 16.0 Å². The minimum atomic E-state index is -5.43. The van der Waals surface area contributed by atoms with Gasteiger partial charge < -0.3 is 40.7 Å². The summed E-state index contributed by atoms with van der Waals surface area (Å²) >= 11 is 12.8. The molecule has 5 rings (SSSR count). The lowest BCUT2D eigenvalue weighted by molar-refractivity contribution is -0.250. The number of benzene rings is 1. The van der Waals surface area contributed by atoms with Gasteiger partial charge in [0.2, 0.25) is 41.0 Å². The Morgan fingerprint density at radius 2 is 1.68 bits per heavy atom. The Morgan fingerprint density at radius 3 is 2.32 bits per heavy atom. The van der Waals surface area contributed by atoms with E-state index in [1.165, 1.54) is 23.9 Å². The molecular weight excluding hydrogens is 877 g/mol. The topological polar surface area (TPSA) is 189 Å². The molecule has 15 nitrogen and oxygen atoms in total. The van der Waals surface area contributed by atoms with E-state index in [-0.39, 0.29) is 51.1 Å². The average molecular weight is 935 g/mol. The number of amides is 7. The number of likely N-dealkylation sites (tertiary alicyclic amines) is 1. The number of carbonyl (C=O) groups excluding carboxylic acids is 7. The third-order valence-corrected chi connectivity index (χ3v) is 13.0. The summed E-state index contributed by atoms with van der Waals surface area (Å²) in [6, 6.07) is -2.79. The molecule has 1 saturated carbocycles. The van der Waals surface area contributed by atoms with Gasteiger partial charge in [-0.25, -0.2) is 4.39 Å². The van der Waals surface area contributed by atoms with Crippen molar-refractivity contribution in [2.45, 2.75) is 139 Å². The molecule has 350 valence electrons. The maximum atomic E-state index is 14.7. The number of carbonyl (C=O) groups is 7. The number of rotatable bonds is 10. The van der Waals surface area contributed by atoms with Crippen LogP contribution in [0.4, 0.5) is 17.6 Å². The fourth-order valence-corrected chi connectivity index (χ4v) is 8.93. The van der Waals surface area contributed by atoms with E-state index in [9.17, 15) is 56.2 Å². The van der Waals surface area contributed by atoms with Crippen molar-refractivity contribution in [2.75, 3.05) is 33.7 Å². The van der Waals surface area contributed by atoms with Gasteiger partial charge in [-0.3, -0.25) is 33.6 Å². The number of likely N-dealkylation sites (N-methyl/N-ethyl adjacent to an activating group) is 2. The number of hydrogen-bond acceptors (Lipinski definition) is 8. The Kier molecular flexibility index (Phi) is 16.0. The Labute approximate surface area is 373 Å². The highest BCUT2D eigenvalue weighted by atomic mass is 35.5. The summed E-state index contributed by atoms with van der Waals surface area (Å²) in [7, 11) is 2.77. The SMILES string of the molecule is CC(C)C[C@@H]1NC(=O)[C@@H](N(C)C(=O)[C@@H](NC(=O)[C@@H]2C[C@@H](F)CN2C(=O)[C@@](C)(O)C(F)(F)F)C2CC2)CCCCNC(=O)[C@H]2CCCN2C(=O)[C@H](Cc2cc(Cl)ccc2Cl)N(C)C1=O. The summed E-state index contributed by atoms with van der Waals surface area (Å²) in [6.07, 6.45) is -5.38. The molecule has 3 aliphatic heterocycles. The van der Waals surface area contributed by atoms with Gasteiger partial charge in [-0.2, -0.15) is 13.2 Å². The minimum Gasteiger partial charge on any atom is -0.373 e. The van der Waals surface area contributed by atoms with Crippen molar-refractivity contribution in [1.82, 2.24) is 35.6 Å². The molecule has 4 aliphatic rings. The molecule has 0 unspecified atom stereocenters. The van der Waals surface area contributed by atoms with Gasteiger partial charge >= 0.3 is 6.18 Å². The standard InChI is InChI=1S/C42H57Cl2F4N7O8/c1-22(2)17-28-37(59)53(5)32(19-24-18-25(43)13-14-27(24)44)38(60)54-16-8-10-30(54)34(56)49-15-7-6-9-29(35(57)50-28)52(4)39(61)33(23-11-12-23)51-36(58)31-20-26(45)21-55(31)40(62)41(3,63)42(46,47)48/h13-14,18,22-23,26,28-33,63H,6-12,15-17,19-21H2,1-5H3,(H,49,56)(H,50,57)(H,51,58)/t26-,28+,29+,30-,31+,32+,33+,41-/m1/s1. The van der Waals surface area contributed by atoms with Crippen LogP contribution in [0.15, 0.2) is 18.2 Å². The molecule has 3 saturated heterocycles. The van der Waals surface area contributed by atoms with Gasteiger partial charge in [0.05, 0.1) is 6.54 Å². The van der Waals surface area contributed by atoms with Crippen LogP contribution in [0, 0.1) is 11.8 Å². The summed E-state index contributed by atoms with van der Waals surface area (Å²) in [5, 5.41) is 18.9. The second-order valence-electron chi connectivity index (χ2n) is 17.7. The lowest BCUT2D eigenvalue weighted by Crippen LogP contribution is -2.61. The molecule has 63 heavy (non-hydrogen) atoms. The first-order valence-electron chi connectivity index (χ1n) is 21.3. The fourth-order valence-electron chi connectivity index (χ4n) is 8.54. The Morgan fingerprint density at radius 1 is 1.00 bits per heavy atom. The van der Waals surface area contributed by atoms with Crippen molar-refractivity contribution < 1.29 is 56.2 Å². The van der Waals surface area contributed by atoms with Crippen molar-refractivity contribution >= 4 is 64.6 Å². The second-order valence-corrected chi connectivity index (χ2v) is 18.6. The molecule has 4 fully saturated rings. The molecule has 1 aliphatic carbocycles. The lowest BCUT2D eigenvalue weighted by Gasteiger charge is -2.37. The van der Waals surface area contributed by atoms with Gasteiger partial charge in [-0.15, -0.1) is 0 Å². The summed E-state index contributed by atoms with van der Waals surface area (Å²) in [5.41, 5.74) is -3.44. The molecule has 0 bridgehead atoms. The summed E-state index contributed by atoms with van der Waals surface area (Å²) in [5.74, 6) is -6.60. The first-order chi connectivity index (χ1) is 29.4. The number of nitrogens with one attached hydrogen (secondary N) is 3. The third kappa shape index (κ3) is 11.5. The van der Waals surface area contributed by atoms with Crippen LogP contribution in [0.5, 0.6) is 0 Å². The van der Waals surface area contributed by atoms with Crippen LogP contribution >= 0.6 is 23.2 Å². The quantitative estimate of drug-likeness (QED) is 0.258. The Bertz CT molecular complexity index is 1920. The molecule has 21 heteroatoms. The predicted molar refractivity (Wildman–Crippen MR) is 223 cm³/mol. The highest BCUT2D eigenvalue weighted by Gasteiger charge is 2.59. The monoisotopic (exact) mass is 933 g/mol. The van der Waals surface area contributed by atoms with Crippen LogP contribution in [-0.4, -0.2) is 154 Å². The molecule has 1 aromatic carbocycles. The van der Waals surface area contributed by atoms with Crippen LogP contribution in [-0.2, 0) is 40.0 Å². The van der Waals surface area contributed by atoms with Crippen LogP contribution in [0.1, 0.15) is 84.1 Å². The van der Waals surface area contributed by atoms with E-state index >= 15 is 0 Å². The van der Waals surface area contributed by atoms with Gasteiger partial charge in [0.15, 0.2) is 0 Å². The molecule has 7 amide bonds. The molecule has 3 heterocycles. The molecule has 0 radical (unpaired) electrons. The van der Waals surface area contributed by atoms with Crippen LogP contribution < -0.4 is 16.0 Å². The van der Waals surface area contributed by atoms with Crippen molar-refractivity contribution in [2.24, 2.45) is 11.8 Å². The van der Waals surface area contributed by atoms with Crippen molar-refractivity contribution in [3.05, 3.63) is 33.8 Å². The summed E-state index contributed by atoms with van der Waals surface area (Å²) in [4.78, 5) is 102. The number of alkyl halides is 4. The van der Waals surface area contributed by atoms with Crippen LogP contribution in [0.3, 0.4) is 0 Å². The van der Waals surface area contributed by atoms with E-state index < -0.39 is 109 Å². The number of aliphatic hydroxyl groups is 1. The normalized spacial score (nSPS) is 27.1. The third-order valence-electron chi connectivity index (χ3n) is 12.4. The maximum Gasteiger partial charge on any atom is 0.426 e. The number of nitrogens with zero attached hydrogens (tertiary/aromatic N) is 4. The number of halogens is 6. The number of fused-ring (bicyclic) bond motifs is 1. The van der Waals surface area contributed by atoms with E-state index in [4.69, 9.17) is 23.2 Å². The first-order valence-corrected chi connectivity index (χ1v) is 22.1. The fraction of sp³-hybridized carbons (Fsp3) is 0.690. The second kappa shape index (κ2) is 20.3. The van der Waals surface area contributed by atoms with E-state index in [0.717, 1.165) is 4.90 Å². The molecular formula is C42H57Cl2F4N7O8. The Balaban J connectivity index is 1.43.